The van der Waals surface area contributed by atoms with Gasteiger partial charge in [-0.1, -0.05) is 0 Å². The Bertz CT molecular complexity index is 477. The third kappa shape index (κ3) is 3.74. The van der Waals surface area contributed by atoms with Crippen molar-refractivity contribution in [2.75, 3.05) is 45.5 Å². The van der Waals surface area contributed by atoms with Gasteiger partial charge in [0.2, 0.25) is 0 Å². The second-order valence-corrected chi connectivity index (χ2v) is 7.06. The fraction of sp³-hybridized carbons (Fsp3) is 0.643. The fourth-order valence-corrected chi connectivity index (χ4v) is 4.74. The zero-order valence-electron chi connectivity index (χ0n) is 12.2. The molecule has 7 heteroatoms. The van der Waals surface area contributed by atoms with E-state index < -0.39 is 0 Å². The molecule has 0 radical (unpaired) electrons. The number of nitrogens with zero attached hydrogens (tertiary/aromatic N) is 2. The van der Waals surface area contributed by atoms with Crippen LogP contribution in [0.5, 0.6) is 0 Å². The van der Waals surface area contributed by atoms with Gasteiger partial charge in [0.05, 0.1) is 0 Å². The molecule has 2 aliphatic heterocycles. The van der Waals surface area contributed by atoms with Crippen LogP contribution in [0.3, 0.4) is 0 Å². The van der Waals surface area contributed by atoms with Gasteiger partial charge in [0.15, 0.2) is 0 Å². The summed E-state index contributed by atoms with van der Waals surface area (Å²) in [4.78, 5) is 19.2. The van der Waals surface area contributed by atoms with Crippen LogP contribution in [-0.4, -0.2) is 67.3 Å². The Hall–Kier alpha value is -0.270. The van der Waals surface area contributed by atoms with Gasteiger partial charge in [-0.15, -0.1) is 35.5 Å². The van der Waals surface area contributed by atoms with Crippen LogP contribution < -0.4 is 5.32 Å². The minimum atomic E-state index is 0. The van der Waals surface area contributed by atoms with E-state index in [0.717, 1.165) is 55.5 Å². The van der Waals surface area contributed by atoms with Crippen LogP contribution in [0.25, 0.3) is 0 Å². The summed E-state index contributed by atoms with van der Waals surface area (Å²) >= 11 is 3.23. The summed E-state index contributed by atoms with van der Waals surface area (Å²) in [6, 6.07) is 2.60. The van der Waals surface area contributed by atoms with Crippen molar-refractivity contribution in [2.24, 2.45) is 0 Å². The van der Waals surface area contributed by atoms with Gasteiger partial charge in [-0.2, -0.15) is 0 Å². The Labute approximate surface area is 140 Å². The van der Waals surface area contributed by atoms with Gasteiger partial charge in [-0.25, -0.2) is 0 Å². The second-order valence-electron chi connectivity index (χ2n) is 5.30. The molecule has 1 aromatic rings. The monoisotopic (exact) mass is 347 g/mol. The van der Waals surface area contributed by atoms with Gasteiger partial charge in [0, 0.05) is 50.2 Å². The van der Waals surface area contributed by atoms with Crippen molar-refractivity contribution < 1.29 is 4.79 Å². The van der Waals surface area contributed by atoms with Gasteiger partial charge in [-0.3, -0.25) is 9.69 Å². The maximum absolute atomic E-state index is 12.6. The van der Waals surface area contributed by atoms with Crippen molar-refractivity contribution in [3.05, 3.63) is 16.3 Å². The molecule has 2 saturated heterocycles. The van der Waals surface area contributed by atoms with Gasteiger partial charge in [0.1, 0.15) is 4.88 Å². The molecule has 0 spiro atoms. The highest BCUT2D eigenvalue weighted by atomic mass is 35.5. The normalized spacial score (nSPS) is 23.1. The smallest absolute Gasteiger partial charge is 0.265 e. The maximum Gasteiger partial charge on any atom is 0.265 e. The van der Waals surface area contributed by atoms with E-state index in [1.54, 1.807) is 23.1 Å². The van der Waals surface area contributed by atoms with E-state index >= 15 is 0 Å². The molecule has 0 aliphatic carbocycles. The Balaban J connectivity index is 0.00000161. The predicted molar refractivity (Wildman–Crippen MR) is 92.1 cm³/mol. The Morgan fingerprint density at radius 2 is 2.14 bits per heavy atom. The number of rotatable bonds is 3. The first-order valence-corrected chi connectivity index (χ1v) is 9.25. The fourth-order valence-electron chi connectivity index (χ4n) is 3.03. The molecule has 2 fully saturated rings. The molecule has 118 valence electrons. The molecule has 1 unspecified atom stereocenters. The number of amides is 1. The molecule has 21 heavy (non-hydrogen) atoms. The average molecular weight is 348 g/mol. The molecule has 2 aliphatic rings. The van der Waals surface area contributed by atoms with E-state index in [4.69, 9.17) is 0 Å². The van der Waals surface area contributed by atoms with Crippen LogP contribution in [0.4, 0.5) is 0 Å². The number of thioether (sulfide) groups is 1. The maximum atomic E-state index is 12.6. The lowest BCUT2D eigenvalue weighted by Gasteiger charge is -2.32. The third-order valence-electron chi connectivity index (χ3n) is 4.16. The summed E-state index contributed by atoms with van der Waals surface area (Å²) in [6.07, 6.45) is 3.15. The number of halogens is 1. The van der Waals surface area contributed by atoms with Crippen LogP contribution in [0.1, 0.15) is 16.1 Å². The van der Waals surface area contributed by atoms with E-state index in [-0.39, 0.29) is 18.3 Å². The minimum absolute atomic E-state index is 0. The SMILES string of the molecule is CSc1ccsc1C(=O)N1CCC(N2CCNCC2)C1.Cl. The van der Waals surface area contributed by atoms with Crippen molar-refractivity contribution >= 4 is 41.4 Å². The highest BCUT2D eigenvalue weighted by Gasteiger charge is 2.32. The Kier molecular flexibility index (Phi) is 6.37. The van der Waals surface area contributed by atoms with Crippen LogP contribution >= 0.6 is 35.5 Å². The molecular formula is C14H22ClN3OS2. The number of carbonyl (C=O) groups excluding carboxylic acids is 1. The van der Waals surface area contributed by atoms with Crippen molar-refractivity contribution in [1.82, 2.24) is 15.1 Å². The van der Waals surface area contributed by atoms with Crippen molar-refractivity contribution in [1.29, 1.82) is 0 Å². The highest BCUT2D eigenvalue weighted by molar-refractivity contribution is 7.98. The summed E-state index contributed by atoms with van der Waals surface area (Å²) in [6.45, 7) is 6.17. The minimum Gasteiger partial charge on any atom is -0.336 e. The average Bonchev–Trinajstić information content (AvgIpc) is 3.16. The molecule has 1 atom stereocenters. The lowest BCUT2D eigenvalue weighted by Crippen LogP contribution is -2.49. The van der Waals surface area contributed by atoms with E-state index in [9.17, 15) is 4.79 Å². The van der Waals surface area contributed by atoms with Crippen LogP contribution in [-0.2, 0) is 0 Å². The van der Waals surface area contributed by atoms with Crippen LogP contribution in [0.15, 0.2) is 16.3 Å². The summed E-state index contributed by atoms with van der Waals surface area (Å²) in [5.74, 6) is 0.224. The lowest BCUT2D eigenvalue weighted by atomic mass is 10.2. The van der Waals surface area contributed by atoms with Crippen LogP contribution in [0, 0.1) is 0 Å². The number of nitrogens with one attached hydrogen (secondary N) is 1. The summed E-state index contributed by atoms with van der Waals surface area (Å²) in [5, 5.41) is 5.40. The number of hydrogen-bond donors (Lipinski definition) is 1. The van der Waals surface area contributed by atoms with E-state index in [0.29, 0.717) is 6.04 Å². The molecule has 0 bridgehead atoms. The third-order valence-corrected chi connectivity index (χ3v) is 5.97. The molecule has 1 aromatic heterocycles. The number of thiophene rings is 1. The first-order chi connectivity index (χ1) is 9.79. The van der Waals surface area contributed by atoms with Crippen molar-refractivity contribution in [3.8, 4) is 0 Å². The molecule has 1 N–H and O–H groups in total. The van der Waals surface area contributed by atoms with Gasteiger partial charge >= 0.3 is 0 Å². The molecule has 4 nitrogen and oxygen atoms in total. The molecule has 1 amide bonds. The molecule has 0 saturated carbocycles. The number of piperazine rings is 1. The number of likely N-dealkylation sites (tertiary alicyclic amines) is 1. The lowest BCUT2D eigenvalue weighted by molar-refractivity contribution is 0.0775. The first kappa shape index (κ1) is 17.1. The van der Waals surface area contributed by atoms with Crippen LogP contribution in [0.2, 0.25) is 0 Å². The first-order valence-electron chi connectivity index (χ1n) is 7.15. The quantitative estimate of drug-likeness (QED) is 0.848. The zero-order chi connectivity index (χ0) is 13.9. The predicted octanol–water partition coefficient (Wildman–Crippen LogP) is 2.01. The second kappa shape index (κ2) is 7.83. The topological polar surface area (TPSA) is 35.6 Å². The van der Waals surface area contributed by atoms with E-state index in [2.05, 4.69) is 10.2 Å². The largest absolute Gasteiger partial charge is 0.336 e. The van der Waals surface area contributed by atoms with Crippen molar-refractivity contribution in [2.45, 2.75) is 17.4 Å². The molecule has 3 rings (SSSR count). The molecular weight excluding hydrogens is 326 g/mol. The van der Waals surface area contributed by atoms with Gasteiger partial charge in [0.25, 0.3) is 5.91 Å². The highest BCUT2D eigenvalue weighted by Crippen LogP contribution is 2.28. The molecule has 0 aromatic carbocycles. The summed E-state index contributed by atoms with van der Waals surface area (Å²) in [7, 11) is 0. The van der Waals surface area contributed by atoms with E-state index in [1.807, 2.05) is 22.6 Å². The summed E-state index contributed by atoms with van der Waals surface area (Å²) < 4.78 is 0. The number of carbonyl (C=O) groups is 1. The standard InChI is InChI=1S/C14H21N3OS2.ClH/c1-19-12-3-9-20-13(12)14(18)17-6-2-11(10-17)16-7-4-15-5-8-16;/h3,9,11,15H,2,4-8,10H2,1H3;1H. The summed E-state index contributed by atoms with van der Waals surface area (Å²) in [5.41, 5.74) is 0. The van der Waals surface area contributed by atoms with Gasteiger partial charge in [-0.05, 0) is 24.1 Å². The zero-order valence-corrected chi connectivity index (χ0v) is 14.7. The number of hydrogen-bond acceptors (Lipinski definition) is 5. The van der Waals surface area contributed by atoms with Crippen molar-refractivity contribution in [3.63, 3.8) is 0 Å². The Morgan fingerprint density at radius 3 is 2.86 bits per heavy atom. The molecule has 3 heterocycles. The Morgan fingerprint density at radius 1 is 1.38 bits per heavy atom. The van der Waals surface area contributed by atoms with E-state index in [1.165, 1.54) is 0 Å². The van der Waals surface area contributed by atoms with Gasteiger partial charge < -0.3 is 10.2 Å².